The van der Waals surface area contributed by atoms with E-state index in [1.807, 2.05) is 32.0 Å². The van der Waals surface area contributed by atoms with Gasteiger partial charge in [0.1, 0.15) is 22.1 Å². The zero-order valence-electron chi connectivity index (χ0n) is 22.4. The van der Waals surface area contributed by atoms with Gasteiger partial charge in [0, 0.05) is 11.1 Å². The number of benzene rings is 4. The minimum absolute atomic E-state index is 0.0421. The van der Waals surface area contributed by atoms with E-state index in [-0.39, 0.29) is 27.5 Å². The molecule has 0 fully saturated rings. The number of para-hydroxylation sites is 1. The van der Waals surface area contributed by atoms with Crippen molar-refractivity contribution in [2.45, 2.75) is 44.1 Å². The topological polar surface area (TPSA) is 113 Å². The molecule has 4 rings (SSSR count). The Labute approximate surface area is 234 Å². The molecule has 0 heterocycles. The van der Waals surface area contributed by atoms with Gasteiger partial charge >= 0.3 is 20.2 Å². The molecule has 0 atom stereocenters. The molecule has 0 saturated carbocycles. The van der Waals surface area contributed by atoms with E-state index in [0.29, 0.717) is 12.0 Å². The van der Waals surface area contributed by atoms with Crippen LogP contribution in [-0.4, -0.2) is 23.1 Å². The summed E-state index contributed by atoms with van der Waals surface area (Å²) in [6.07, 6.45) is 0.507. The summed E-state index contributed by atoms with van der Waals surface area (Å²) in [4.78, 5) is 11.7. The van der Waals surface area contributed by atoms with Gasteiger partial charge in [0.2, 0.25) is 0 Å². The van der Waals surface area contributed by atoms with E-state index in [2.05, 4.69) is 0 Å². The number of rotatable bonds is 10. The lowest BCUT2D eigenvalue weighted by Crippen LogP contribution is -2.15. The highest BCUT2D eigenvalue weighted by Crippen LogP contribution is 2.36. The van der Waals surface area contributed by atoms with Gasteiger partial charge in [0.05, 0.1) is 0 Å². The third-order valence-corrected chi connectivity index (χ3v) is 8.63. The van der Waals surface area contributed by atoms with Crippen LogP contribution in [0.4, 0.5) is 0 Å². The molecule has 0 aliphatic rings. The van der Waals surface area contributed by atoms with Gasteiger partial charge in [-0.2, -0.15) is 16.8 Å². The highest BCUT2D eigenvalue weighted by molar-refractivity contribution is 7.87. The van der Waals surface area contributed by atoms with E-state index in [1.54, 1.807) is 38.1 Å². The summed E-state index contributed by atoms with van der Waals surface area (Å²) in [6, 6.07) is 19.9. The van der Waals surface area contributed by atoms with Crippen LogP contribution in [0.25, 0.3) is 0 Å². The molecule has 0 aliphatic carbocycles. The Morgan fingerprint density at radius 2 is 1.10 bits per heavy atom. The maximum atomic E-state index is 13.1. The predicted molar refractivity (Wildman–Crippen MR) is 150 cm³/mol. The first-order valence-corrected chi connectivity index (χ1v) is 15.0. The van der Waals surface area contributed by atoms with E-state index < -0.39 is 31.7 Å². The van der Waals surface area contributed by atoms with Crippen LogP contribution in [0.5, 0.6) is 17.2 Å². The number of carbonyl (C=O) groups excluding carboxylic acids is 1. The molecule has 40 heavy (non-hydrogen) atoms. The summed E-state index contributed by atoms with van der Waals surface area (Å²) in [5, 5.41) is 0. The van der Waals surface area contributed by atoms with E-state index in [1.165, 1.54) is 30.3 Å². The van der Waals surface area contributed by atoms with Gasteiger partial charge in [0.25, 0.3) is 0 Å². The molecule has 4 aromatic rings. The Bertz CT molecular complexity index is 1740. The number of aryl methyl sites for hydroxylation is 4. The van der Waals surface area contributed by atoms with Gasteiger partial charge in [0.15, 0.2) is 17.8 Å². The van der Waals surface area contributed by atoms with Crippen LogP contribution >= 0.6 is 0 Å². The summed E-state index contributed by atoms with van der Waals surface area (Å²) in [5.74, 6) is -0.271. The normalized spacial score (nSPS) is 11.6. The SMILES string of the molecule is Cc1ccc(S(=O)(=O)Oc2cc(C=O)c(COc3c(C)cccc3C)cc2OS(=O)(=O)c2ccc(C)cc2)cc1. The molecule has 0 amide bonds. The van der Waals surface area contributed by atoms with Crippen molar-refractivity contribution in [2.24, 2.45) is 0 Å². The first-order chi connectivity index (χ1) is 18.9. The fraction of sp³-hybridized carbons (Fsp3) is 0.167. The summed E-state index contributed by atoms with van der Waals surface area (Å²) >= 11 is 0. The quantitative estimate of drug-likeness (QED) is 0.170. The van der Waals surface area contributed by atoms with Crippen molar-refractivity contribution < 1.29 is 34.7 Å². The average Bonchev–Trinajstić information content (AvgIpc) is 2.90. The second-order valence-electron chi connectivity index (χ2n) is 9.33. The molecule has 0 spiro atoms. The van der Waals surface area contributed by atoms with E-state index in [0.717, 1.165) is 28.3 Å². The summed E-state index contributed by atoms with van der Waals surface area (Å²) in [6.45, 7) is 7.23. The summed E-state index contributed by atoms with van der Waals surface area (Å²) in [5.41, 5.74) is 3.73. The monoisotopic (exact) mass is 580 g/mol. The van der Waals surface area contributed by atoms with Crippen LogP contribution < -0.4 is 13.1 Å². The second kappa shape index (κ2) is 11.5. The number of carbonyl (C=O) groups is 1. The van der Waals surface area contributed by atoms with E-state index in [4.69, 9.17) is 13.1 Å². The van der Waals surface area contributed by atoms with Gasteiger partial charge in [-0.1, -0.05) is 53.6 Å². The second-order valence-corrected chi connectivity index (χ2v) is 12.4. The van der Waals surface area contributed by atoms with Crippen molar-refractivity contribution in [3.8, 4) is 17.2 Å². The van der Waals surface area contributed by atoms with Gasteiger partial charge < -0.3 is 13.1 Å². The third-order valence-electron chi connectivity index (χ3n) is 6.13. The Morgan fingerprint density at radius 1 is 0.650 bits per heavy atom. The lowest BCUT2D eigenvalue weighted by molar-refractivity contribution is 0.112. The van der Waals surface area contributed by atoms with Crippen molar-refractivity contribution in [2.75, 3.05) is 0 Å². The molecule has 0 aliphatic heterocycles. The molecule has 4 aromatic carbocycles. The maximum Gasteiger partial charge on any atom is 0.339 e. The third kappa shape index (κ3) is 6.52. The standard InChI is InChI=1S/C30H28O8S2/c1-20-8-12-26(13-9-20)39(32,33)37-28-16-24(18-31)25(19-36-30-22(3)6-5-7-23(30)4)17-29(28)38-40(34,35)27-14-10-21(2)11-15-27/h5-18H,19H2,1-4H3. The molecular weight excluding hydrogens is 552 g/mol. The van der Waals surface area contributed by atoms with E-state index in [9.17, 15) is 21.6 Å². The van der Waals surface area contributed by atoms with Gasteiger partial charge in [-0.05, 0) is 75.2 Å². The molecule has 208 valence electrons. The molecule has 10 heteroatoms. The lowest BCUT2D eigenvalue weighted by Gasteiger charge is -2.17. The Hall–Kier alpha value is -4.15. The smallest absolute Gasteiger partial charge is 0.339 e. The molecule has 0 radical (unpaired) electrons. The number of hydrogen-bond acceptors (Lipinski definition) is 8. The minimum Gasteiger partial charge on any atom is -0.488 e. The number of ether oxygens (including phenoxy) is 1. The minimum atomic E-state index is -4.40. The van der Waals surface area contributed by atoms with Crippen molar-refractivity contribution >= 4 is 26.5 Å². The zero-order chi connectivity index (χ0) is 29.1. The van der Waals surface area contributed by atoms with Crippen molar-refractivity contribution in [3.05, 3.63) is 112 Å². The molecule has 0 aromatic heterocycles. The summed E-state index contributed by atoms with van der Waals surface area (Å²) in [7, 11) is -8.80. The molecule has 0 unspecified atom stereocenters. The maximum absolute atomic E-state index is 13.1. The number of aldehydes is 1. The van der Waals surface area contributed by atoms with Crippen LogP contribution in [0.3, 0.4) is 0 Å². The first-order valence-electron chi connectivity index (χ1n) is 12.2. The average molecular weight is 581 g/mol. The summed E-state index contributed by atoms with van der Waals surface area (Å²) < 4.78 is 69.2. The molecule has 0 bridgehead atoms. The Balaban J connectivity index is 1.78. The van der Waals surface area contributed by atoms with Crippen LogP contribution in [-0.2, 0) is 26.8 Å². The van der Waals surface area contributed by atoms with Crippen LogP contribution in [0.15, 0.2) is 88.7 Å². The fourth-order valence-electron chi connectivity index (χ4n) is 3.90. The first kappa shape index (κ1) is 28.8. The number of hydrogen-bond donors (Lipinski definition) is 0. The highest BCUT2D eigenvalue weighted by Gasteiger charge is 2.25. The van der Waals surface area contributed by atoms with Crippen molar-refractivity contribution in [3.63, 3.8) is 0 Å². The van der Waals surface area contributed by atoms with Crippen molar-refractivity contribution in [1.82, 2.24) is 0 Å². The van der Waals surface area contributed by atoms with E-state index >= 15 is 0 Å². The van der Waals surface area contributed by atoms with Gasteiger partial charge in [-0.25, -0.2) is 0 Å². The Kier molecular flexibility index (Phi) is 8.32. The molecule has 0 saturated heterocycles. The van der Waals surface area contributed by atoms with Gasteiger partial charge in [-0.15, -0.1) is 0 Å². The molecule has 8 nitrogen and oxygen atoms in total. The molecule has 0 N–H and O–H groups in total. The lowest BCUT2D eigenvalue weighted by atomic mass is 10.1. The highest BCUT2D eigenvalue weighted by atomic mass is 32.2. The largest absolute Gasteiger partial charge is 0.488 e. The van der Waals surface area contributed by atoms with Crippen LogP contribution in [0, 0.1) is 27.7 Å². The fourth-order valence-corrected chi connectivity index (χ4v) is 5.77. The van der Waals surface area contributed by atoms with Crippen LogP contribution in [0.2, 0.25) is 0 Å². The van der Waals surface area contributed by atoms with Crippen LogP contribution in [0.1, 0.15) is 38.2 Å². The zero-order valence-corrected chi connectivity index (χ0v) is 24.0. The van der Waals surface area contributed by atoms with Gasteiger partial charge in [-0.3, -0.25) is 4.79 Å². The predicted octanol–water partition coefficient (Wildman–Crippen LogP) is 5.85. The molecular formula is C30H28O8S2. The Morgan fingerprint density at radius 3 is 1.55 bits per heavy atom. The van der Waals surface area contributed by atoms with Crippen molar-refractivity contribution in [1.29, 1.82) is 0 Å².